The summed E-state index contributed by atoms with van der Waals surface area (Å²) in [4.78, 5) is 33.8. The number of carbonyl (C=O) groups is 2. The lowest BCUT2D eigenvalue weighted by Gasteiger charge is -2.05. The Balaban J connectivity index is 2.95. The minimum atomic E-state index is -0.742. The van der Waals surface area contributed by atoms with Crippen LogP contribution >= 0.6 is 11.6 Å². The standard InChI is InChI=1S/C12H7ClO5/c1-17-12(16)9-4-10(15)18-11-6(5-14)2-7(13)3-8(9)11/h2-5H,1H3. The molecule has 0 aliphatic heterocycles. The summed E-state index contributed by atoms with van der Waals surface area (Å²) in [6.45, 7) is 0. The average molecular weight is 267 g/mol. The molecule has 18 heavy (non-hydrogen) atoms. The van der Waals surface area contributed by atoms with E-state index < -0.39 is 11.6 Å². The smallest absolute Gasteiger partial charge is 0.338 e. The van der Waals surface area contributed by atoms with Crippen molar-refractivity contribution >= 4 is 34.8 Å². The van der Waals surface area contributed by atoms with Crippen molar-refractivity contribution in [3.05, 3.63) is 44.8 Å². The van der Waals surface area contributed by atoms with E-state index in [0.717, 1.165) is 6.07 Å². The number of aldehydes is 1. The van der Waals surface area contributed by atoms with E-state index in [1.165, 1.54) is 19.2 Å². The number of rotatable bonds is 2. The van der Waals surface area contributed by atoms with E-state index in [9.17, 15) is 14.4 Å². The van der Waals surface area contributed by atoms with Crippen molar-refractivity contribution in [1.29, 1.82) is 0 Å². The van der Waals surface area contributed by atoms with Crippen LogP contribution in [0, 0.1) is 0 Å². The molecule has 0 unspecified atom stereocenters. The minimum absolute atomic E-state index is 0.00866. The number of hydrogen-bond acceptors (Lipinski definition) is 5. The molecule has 0 fully saturated rings. The van der Waals surface area contributed by atoms with E-state index in [2.05, 4.69) is 4.74 Å². The van der Waals surface area contributed by atoms with E-state index in [0.29, 0.717) is 6.29 Å². The van der Waals surface area contributed by atoms with Gasteiger partial charge < -0.3 is 9.15 Å². The number of ether oxygens (including phenoxy) is 1. The van der Waals surface area contributed by atoms with Gasteiger partial charge in [0, 0.05) is 16.5 Å². The van der Waals surface area contributed by atoms with Crippen LogP contribution < -0.4 is 5.63 Å². The van der Waals surface area contributed by atoms with Crippen molar-refractivity contribution in [3.63, 3.8) is 0 Å². The molecule has 0 spiro atoms. The summed E-state index contributed by atoms with van der Waals surface area (Å²) in [5.41, 5.74) is -0.620. The lowest BCUT2D eigenvalue weighted by molar-refractivity contribution is 0.0602. The Morgan fingerprint density at radius 1 is 1.39 bits per heavy atom. The van der Waals surface area contributed by atoms with E-state index in [1.807, 2.05) is 0 Å². The van der Waals surface area contributed by atoms with Gasteiger partial charge in [-0.05, 0) is 12.1 Å². The van der Waals surface area contributed by atoms with Crippen molar-refractivity contribution < 1.29 is 18.7 Å². The Morgan fingerprint density at radius 3 is 2.72 bits per heavy atom. The molecule has 1 aromatic heterocycles. The molecule has 0 amide bonds. The molecular weight excluding hydrogens is 260 g/mol. The van der Waals surface area contributed by atoms with Crippen LogP contribution in [0.2, 0.25) is 5.02 Å². The molecule has 0 aliphatic carbocycles. The molecule has 5 nitrogen and oxygen atoms in total. The molecule has 1 aromatic carbocycles. The second-order valence-corrected chi connectivity index (χ2v) is 3.90. The normalized spacial score (nSPS) is 10.3. The molecule has 1 heterocycles. The first kappa shape index (κ1) is 12.3. The number of fused-ring (bicyclic) bond motifs is 1. The largest absolute Gasteiger partial charge is 0.465 e. The molecule has 0 N–H and O–H groups in total. The van der Waals surface area contributed by atoms with Gasteiger partial charge in [-0.2, -0.15) is 0 Å². The zero-order chi connectivity index (χ0) is 13.3. The van der Waals surface area contributed by atoms with Crippen molar-refractivity contribution in [2.24, 2.45) is 0 Å². The van der Waals surface area contributed by atoms with Crippen LogP contribution in [0.15, 0.2) is 27.4 Å². The molecule has 0 aliphatic rings. The van der Waals surface area contributed by atoms with Crippen LogP contribution in [-0.4, -0.2) is 19.4 Å². The fraction of sp³-hybridized carbons (Fsp3) is 0.0833. The van der Waals surface area contributed by atoms with Gasteiger partial charge in [0.2, 0.25) is 0 Å². The first-order chi connectivity index (χ1) is 8.56. The molecule has 0 saturated heterocycles. The van der Waals surface area contributed by atoms with Gasteiger partial charge in [-0.1, -0.05) is 11.6 Å². The van der Waals surface area contributed by atoms with Gasteiger partial charge in [-0.3, -0.25) is 4.79 Å². The number of hydrogen-bond donors (Lipinski definition) is 0. The Bertz CT molecular complexity index is 701. The Hall–Kier alpha value is -2.14. The van der Waals surface area contributed by atoms with Gasteiger partial charge >= 0.3 is 11.6 Å². The maximum atomic E-state index is 11.6. The van der Waals surface area contributed by atoms with Crippen molar-refractivity contribution in [2.75, 3.05) is 7.11 Å². The fourth-order valence-electron chi connectivity index (χ4n) is 1.62. The van der Waals surface area contributed by atoms with E-state index in [4.69, 9.17) is 16.0 Å². The summed E-state index contributed by atoms with van der Waals surface area (Å²) in [6.07, 6.45) is 0.498. The third-order valence-electron chi connectivity index (χ3n) is 2.37. The van der Waals surface area contributed by atoms with Gasteiger partial charge in [0.25, 0.3) is 0 Å². The summed E-state index contributed by atoms with van der Waals surface area (Å²) < 4.78 is 9.48. The van der Waals surface area contributed by atoms with E-state index in [-0.39, 0.29) is 27.1 Å². The van der Waals surface area contributed by atoms with Crippen LogP contribution in [0.5, 0.6) is 0 Å². The van der Waals surface area contributed by atoms with Crippen LogP contribution in [-0.2, 0) is 4.74 Å². The third-order valence-corrected chi connectivity index (χ3v) is 2.59. The first-order valence-electron chi connectivity index (χ1n) is 4.87. The molecule has 0 saturated carbocycles. The van der Waals surface area contributed by atoms with Crippen molar-refractivity contribution in [1.82, 2.24) is 0 Å². The molecule has 0 atom stereocenters. The third kappa shape index (κ3) is 2.00. The summed E-state index contributed by atoms with van der Waals surface area (Å²) >= 11 is 5.83. The monoisotopic (exact) mass is 266 g/mol. The van der Waals surface area contributed by atoms with Gasteiger partial charge in [-0.25, -0.2) is 9.59 Å². The Kier molecular flexibility index (Phi) is 3.16. The van der Waals surface area contributed by atoms with Crippen LogP contribution in [0.1, 0.15) is 20.7 Å². The van der Waals surface area contributed by atoms with Crippen molar-refractivity contribution in [2.45, 2.75) is 0 Å². The Labute approximate surface area is 106 Å². The molecule has 92 valence electrons. The zero-order valence-corrected chi connectivity index (χ0v) is 9.98. The molecule has 2 rings (SSSR count). The average Bonchev–Trinajstić information content (AvgIpc) is 2.36. The maximum Gasteiger partial charge on any atom is 0.338 e. The molecule has 6 heteroatoms. The second-order valence-electron chi connectivity index (χ2n) is 3.46. The van der Waals surface area contributed by atoms with E-state index in [1.54, 1.807) is 0 Å². The maximum absolute atomic E-state index is 11.6. The highest BCUT2D eigenvalue weighted by Crippen LogP contribution is 2.25. The second kappa shape index (κ2) is 4.62. The number of benzene rings is 1. The topological polar surface area (TPSA) is 73.6 Å². The van der Waals surface area contributed by atoms with E-state index >= 15 is 0 Å². The lowest BCUT2D eigenvalue weighted by atomic mass is 10.1. The summed E-state index contributed by atoms with van der Waals surface area (Å²) in [7, 11) is 1.19. The SMILES string of the molecule is COC(=O)c1cc(=O)oc2c(C=O)cc(Cl)cc12. The van der Waals surface area contributed by atoms with Gasteiger partial charge in [0.15, 0.2) is 6.29 Å². The van der Waals surface area contributed by atoms with Crippen molar-refractivity contribution in [3.8, 4) is 0 Å². The van der Waals surface area contributed by atoms with Gasteiger partial charge in [-0.15, -0.1) is 0 Å². The fourth-order valence-corrected chi connectivity index (χ4v) is 1.85. The van der Waals surface area contributed by atoms with Gasteiger partial charge in [0.1, 0.15) is 5.58 Å². The minimum Gasteiger partial charge on any atom is -0.465 e. The quantitative estimate of drug-likeness (QED) is 0.472. The predicted octanol–water partition coefficient (Wildman–Crippen LogP) is 2.05. The summed E-state index contributed by atoms with van der Waals surface area (Å²) in [5.74, 6) is -0.702. The number of carbonyl (C=O) groups excluding carboxylic acids is 2. The van der Waals surface area contributed by atoms with Crippen LogP contribution in [0.4, 0.5) is 0 Å². The molecule has 0 bridgehead atoms. The zero-order valence-electron chi connectivity index (χ0n) is 9.23. The number of halogens is 1. The molecular formula is C12H7ClO5. The summed E-state index contributed by atoms with van der Waals surface area (Å²) in [6, 6.07) is 3.78. The highest BCUT2D eigenvalue weighted by molar-refractivity contribution is 6.32. The predicted molar refractivity (Wildman–Crippen MR) is 64.2 cm³/mol. The first-order valence-corrected chi connectivity index (χ1v) is 5.25. The van der Waals surface area contributed by atoms with Gasteiger partial charge in [0.05, 0.1) is 18.2 Å². The molecule has 2 aromatic rings. The van der Waals surface area contributed by atoms with Crippen LogP contribution in [0.25, 0.3) is 11.0 Å². The number of methoxy groups -OCH3 is 1. The highest BCUT2D eigenvalue weighted by Gasteiger charge is 2.16. The molecule has 0 radical (unpaired) electrons. The van der Waals surface area contributed by atoms with Crippen LogP contribution in [0.3, 0.4) is 0 Å². The lowest BCUT2D eigenvalue weighted by Crippen LogP contribution is -2.09. The highest BCUT2D eigenvalue weighted by atomic mass is 35.5. The number of esters is 1. The summed E-state index contributed by atoms with van der Waals surface area (Å²) in [5, 5.41) is 0.514. The Morgan fingerprint density at radius 2 is 2.11 bits per heavy atom.